The maximum atomic E-state index is 2.63. The van der Waals surface area contributed by atoms with Crippen LogP contribution in [-0.4, -0.2) is 0 Å². The first-order valence-electron chi connectivity index (χ1n) is 12.1. The molecule has 0 saturated carbocycles. The highest BCUT2D eigenvalue weighted by atomic mass is 127. The van der Waals surface area contributed by atoms with Gasteiger partial charge in [0.1, 0.15) is 0 Å². The maximum Gasteiger partial charge on any atom is 0.0433 e. The number of fused-ring (bicyclic) bond motifs is 6. The van der Waals surface area contributed by atoms with E-state index >= 15 is 0 Å². The first kappa shape index (κ1) is 21.8. The Labute approximate surface area is 227 Å². The van der Waals surface area contributed by atoms with E-state index in [1.807, 2.05) is 22.7 Å². The Hall–Kier alpha value is -2.47. The third kappa shape index (κ3) is 3.51. The van der Waals surface area contributed by atoms with Gasteiger partial charge in [0.15, 0.2) is 0 Å². The van der Waals surface area contributed by atoms with Crippen LogP contribution in [0.4, 0.5) is 0 Å². The van der Waals surface area contributed by atoms with Crippen molar-refractivity contribution in [2.24, 2.45) is 0 Å². The average molecular weight is 599 g/mol. The second kappa shape index (κ2) is 8.58. The average Bonchev–Trinajstić information content (AvgIpc) is 3.48. The minimum absolute atomic E-state index is 0.531. The Bertz CT molecular complexity index is 1780. The van der Waals surface area contributed by atoms with Crippen LogP contribution in [0.3, 0.4) is 0 Å². The molecular formula is C32H23IS2. The first-order valence-corrected chi connectivity index (χ1v) is 15.0. The van der Waals surface area contributed by atoms with Crippen molar-refractivity contribution in [2.45, 2.75) is 23.7 Å². The third-order valence-electron chi connectivity index (χ3n) is 7.15. The zero-order valence-electron chi connectivity index (χ0n) is 19.3. The van der Waals surface area contributed by atoms with Crippen LogP contribution in [-0.2, 0) is 6.42 Å². The van der Waals surface area contributed by atoms with Crippen LogP contribution in [0.5, 0.6) is 0 Å². The fourth-order valence-electron chi connectivity index (χ4n) is 5.44. The predicted molar refractivity (Wildman–Crippen MR) is 164 cm³/mol. The van der Waals surface area contributed by atoms with Crippen molar-refractivity contribution in [3.8, 4) is 11.1 Å². The van der Waals surface area contributed by atoms with Crippen molar-refractivity contribution < 1.29 is 0 Å². The zero-order valence-corrected chi connectivity index (χ0v) is 23.1. The molecule has 0 saturated heterocycles. The minimum Gasteiger partial charge on any atom is -0.135 e. The van der Waals surface area contributed by atoms with Gasteiger partial charge in [0, 0.05) is 33.7 Å². The Morgan fingerprint density at radius 3 is 2.31 bits per heavy atom. The summed E-state index contributed by atoms with van der Waals surface area (Å²) in [4.78, 5) is 1.45. The number of rotatable bonds is 3. The third-order valence-corrected chi connectivity index (χ3v) is 10.7. The minimum atomic E-state index is 0.531. The van der Waals surface area contributed by atoms with Gasteiger partial charge in [-0.25, -0.2) is 0 Å². The van der Waals surface area contributed by atoms with Gasteiger partial charge in [0.25, 0.3) is 0 Å². The normalized spacial score (nSPS) is 15.6. The number of alkyl halides is 1. The Balaban J connectivity index is 1.45. The summed E-state index contributed by atoms with van der Waals surface area (Å²) < 4.78 is 4.68. The number of allylic oxidation sites excluding steroid dienone is 1. The summed E-state index contributed by atoms with van der Waals surface area (Å²) in [6, 6.07) is 31.8. The van der Waals surface area contributed by atoms with E-state index in [1.165, 1.54) is 68.5 Å². The van der Waals surface area contributed by atoms with Crippen molar-refractivity contribution in [1.82, 2.24) is 0 Å². The molecule has 0 bridgehead atoms. The largest absolute Gasteiger partial charge is 0.135 e. The molecule has 6 aromatic rings. The Morgan fingerprint density at radius 2 is 1.49 bits per heavy atom. The summed E-state index contributed by atoms with van der Waals surface area (Å²) >= 11 is 6.50. The molecule has 1 unspecified atom stereocenters. The number of halogens is 1. The van der Waals surface area contributed by atoms with E-state index in [-0.39, 0.29) is 0 Å². The van der Waals surface area contributed by atoms with Gasteiger partial charge in [-0.3, -0.25) is 0 Å². The molecule has 35 heavy (non-hydrogen) atoms. The molecule has 0 radical (unpaired) electrons. The van der Waals surface area contributed by atoms with Gasteiger partial charge < -0.3 is 0 Å². The van der Waals surface area contributed by atoms with Crippen LogP contribution in [0.2, 0.25) is 0 Å². The molecule has 3 heteroatoms. The van der Waals surface area contributed by atoms with Crippen molar-refractivity contribution in [1.29, 1.82) is 0 Å². The molecular weight excluding hydrogens is 575 g/mol. The molecule has 1 aliphatic rings. The summed E-state index contributed by atoms with van der Waals surface area (Å²) in [5.41, 5.74) is 8.37. The monoisotopic (exact) mass is 598 g/mol. The smallest absolute Gasteiger partial charge is 0.0433 e. The molecule has 0 N–H and O–H groups in total. The quantitative estimate of drug-likeness (QED) is 0.140. The van der Waals surface area contributed by atoms with Gasteiger partial charge in [-0.15, -0.1) is 22.7 Å². The van der Waals surface area contributed by atoms with Crippen molar-refractivity contribution >= 4 is 81.1 Å². The van der Waals surface area contributed by atoms with Gasteiger partial charge in [-0.2, -0.15) is 0 Å². The molecule has 7 rings (SSSR count). The second-order valence-corrected chi connectivity index (χ2v) is 12.8. The number of hydrogen-bond donors (Lipinski definition) is 0. The van der Waals surface area contributed by atoms with Crippen LogP contribution in [0, 0.1) is 0 Å². The molecule has 0 aliphatic heterocycles. The lowest BCUT2D eigenvalue weighted by Gasteiger charge is -2.20. The number of benzene rings is 4. The van der Waals surface area contributed by atoms with Gasteiger partial charge >= 0.3 is 0 Å². The predicted octanol–water partition coefficient (Wildman–Crippen LogP) is 10.8. The molecule has 1 aliphatic carbocycles. The summed E-state index contributed by atoms with van der Waals surface area (Å²) in [5, 5.41) is 4.15. The Kier molecular flexibility index (Phi) is 5.34. The molecule has 170 valence electrons. The zero-order chi connectivity index (χ0) is 23.5. The summed E-state index contributed by atoms with van der Waals surface area (Å²) in [5.74, 6) is 0. The van der Waals surface area contributed by atoms with Crippen LogP contribution in [0.15, 0.2) is 91.0 Å². The lowest BCUT2D eigenvalue weighted by atomic mass is 9.89. The standard InChI is InChI=1S/C32H23IS2/c1-2-19-16-20(22-10-7-11-25-24-8-3-5-12-28(24)34-31(22)25)18-21(17-19)23-14-15-27(33)30-26-9-4-6-13-29(26)35-32(23)30/h3-14,16-18,27H,2,15H2,1H3. The molecule has 2 heterocycles. The van der Waals surface area contributed by atoms with Crippen molar-refractivity contribution in [3.63, 3.8) is 0 Å². The molecule has 4 aromatic carbocycles. The maximum absolute atomic E-state index is 2.63. The number of thiophene rings is 2. The van der Waals surface area contributed by atoms with Gasteiger partial charge in [0.05, 0.1) is 0 Å². The number of aryl methyl sites for hydroxylation is 1. The summed E-state index contributed by atoms with van der Waals surface area (Å²) in [7, 11) is 0. The summed E-state index contributed by atoms with van der Waals surface area (Å²) in [6.45, 7) is 2.27. The lowest BCUT2D eigenvalue weighted by Crippen LogP contribution is -2.01. The van der Waals surface area contributed by atoms with E-state index in [0.29, 0.717) is 3.92 Å². The van der Waals surface area contributed by atoms with Gasteiger partial charge in [0.2, 0.25) is 0 Å². The van der Waals surface area contributed by atoms with E-state index in [1.54, 1.807) is 0 Å². The van der Waals surface area contributed by atoms with E-state index in [9.17, 15) is 0 Å². The molecule has 2 aromatic heterocycles. The first-order chi connectivity index (χ1) is 17.2. The van der Waals surface area contributed by atoms with Crippen molar-refractivity contribution in [2.75, 3.05) is 0 Å². The molecule has 0 fully saturated rings. The van der Waals surface area contributed by atoms with Crippen LogP contribution in [0.25, 0.3) is 47.0 Å². The lowest BCUT2D eigenvalue weighted by molar-refractivity contribution is 1.00. The summed E-state index contributed by atoms with van der Waals surface area (Å²) in [6.07, 6.45) is 4.60. The fraction of sp³-hybridized carbons (Fsp3) is 0.125. The molecule has 1 atom stereocenters. The van der Waals surface area contributed by atoms with E-state index in [0.717, 1.165) is 12.8 Å². The van der Waals surface area contributed by atoms with E-state index in [4.69, 9.17) is 0 Å². The van der Waals surface area contributed by atoms with Gasteiger partial charge in [-0.05, 0) is 69.8 Å². The van der Waals surface area contributed by atoms with E-state index in [2.05, 4.69) is 121 Å². The number of hydrogen-bond acceptors (Lipinski definition) is 2. The molecule has 0 amide bonds. The Morgan fingerprint density at radius 1 is 0.771 bits per heavy atom. The van der Waals surface area contributed by atoms with Crippen LogP contribution >= 0.6 is 45.3 Å². The molecule has 0 nitrogen and oxygen atoms in total. The van der Waals surface area contributed by atoms with Crippen LogP contribution < -0.4 is 0 Å². The topological polar surface area (TPSA) is 0 Å². The highest BCUT2D eigenvalue weighted by Gasteiger charge is 2.26. The fourth-order valence-corrected chi connectivity index (χ4v) is 9.12. The highest BCUT2D eigenvalue weighted by Crippen LogP contribution is 2.49. The molecule has 0 spiro atoms. The van der Waals surface area contributed by atoms with Crippen molar-refractivity contribution in [3.05, 3.63) is 113 Å². The SMILES string of the molecule is CCc1cc(C2=CCC(I)c3c2sc2ccccc32)cc(-c2cccc3c2sc2ccccc23)c1. The van der Waals surface area contributed by atoms with E-state index < -0.39 is 0 Å². The second-order valence-electron chi connectivity index (χ2n) is 9.21. The highest BCUT2D eigenvalue weighted by molar-refractivity contribution is 14.1. The van der Waals surface area contributed by atoms with Gasteiger partial charge in [-0.1, -0.05) is 102 Å². The van der Waals surface area contributed by atoms with Crippen LogP contribution in [0.1, 0.15) is 38.8 Å².